The molecule has 1 aliphatic rings. The number of carbonyl (C=O) groups is 1. The van der Waals surface area contributed by atoms with Crippen LogP contribution in [0.25, 0.3) is 0 Å². The minimum atomic E-state index is -3.70. The number of pyridine rings is 1. The first-order chi connectivity index (χ1) is 12.5. The minimum absolute atomic E-state index is 0.00274. The Bertz CT molecular complexity index is 878. The smallest absolute Gasteiger partial charge is 0.254 e. The molecule has 8 heteroatoms. The number of methoxy groups -OCH3 is 1. The largest absolute Gasteiger partial charge is 0.495 e. The molecule has 0 spiro atoms. The van der Waals surface area contributed by atoms with Crippen molar-refractivity contribution in [3.05, 3.63) is 53.9 Å². The second kappa shape index (κ2) is 7.84. The molecule has 0 aliphatic carbocycles. The van der Waals surface area contributed by atoms with Crippen LogP contribution in [-0.4, -0.2) is 57.6 Å². The quantitative estimate of drug-likeness (QED) is 0.787. The molecule has 0 saturated carbocycles. The van der Waals surface area contributed by atoms with E-state index in [1.54, 1.807) is 29.3 Å². The third kappa shape index (κ3) is 4.03. The molecule has 1 aromatic carbocycles. The molecule has 0 radical (unpaired) electrons. The van der Waals surface area contributed by atoms with E-state index in [-0.39, 0.29) is 22.3 Å². The highest BCUT2D eigenvalue weighted by atomic mass is 32.2. The van der Waals surface area contributed by atoms with Crippen molar-refractivity contribution in [3.8, 4) is 5.75 Å². The Morgan fingerprint density at radius 2 is 2.04 bits per heavy atom. The lowest BCUT2D eigenvalue weighted by atomic mass is 10.2. The van der Waals surface area contributed by atoms with E-state index in [1.165, 1.54) is 25.4 Å². The van der Waals surface area contributed by atoms with Crippen LogP contribution < -0.4 is 4.74 Å². The van der Waals surface area contributed by atoms with Crippen LogP contribution >= 0.6 is 0 Å². The predicted molar refractivity (Wildman–Crippen MR) is 94.8 cm³/mol. The molecule has 3 rings (SSSR count). The molecule has 0 bridgehead atoms. The highest BCUT2D eigenvalue weighted by molar-refractivity contribution is 7.90. The highest BCUT2D eigenvalue weighted by Crippen LogP contribution is 2.28. The molecule has 1 fully saturated rings. The Morgan fingerprint density at radius 1 is 1.27 bits per heavy atom. The Hall–Kier alpha value is -2.45. The minimum Gasteiger partial charge on any atom is -0.495 e. The van der Waals surface area contributed by atoms with E-state index in [9.17, 15) is 13.2 Å². The van der Waals surface area contributed by atoms with E-state index in [2.05, 4.69) is 4.98 Å². The Labute approximate surface area is 152 Å². The van der Waals surface area contributed by atoms with Crippen LogP contribution in [0.3, 0.4) is 0 Å². The summed E-state index contributed by atoms with van der Waals surface area (Å²) < 4.78 is 36.2. The number of carbonyl (C=O) groups excluding carboxylic acids is 1. The summed E-state index contributed by atoms with van der Waals surface area (Å²) in [7, 11) is -2.30. The number of sulfone groups is 1. The molecular formula is C18H20N2O5S. The number of ether oxygens (including phenoxy) is 2. The predicted octanol–water partition coefficient (Wildman–Crippen LogP) is 1.54. The van der Waals surface area contributed by atoms with Crippen LogP contribution in [0.4, 0.5) is 0 Å². The van der Waals surface area contributed by atoms with Crippen molar-refractivity contribution in [1.82, 2.24) is 9.88 Å². The summed E-state index contributed by atoms with van der Waals surface area (Å²) in [6.45, 7) is 1.94. The topological polar surface area (TPSA) is 85.8 Å². The number of nitrogens with zero attached hydrogens (tertiary/aromatic N) is 2. The van der Waals surface area contributed by atoms with Crippen LogP contribution in [0.1, 0.15) is 15.9 Å². The van der Waals surface area contributed by atoms with Crippen molar-refractivity contribution in [3.63, 3.8) is 0 Å². The Kier molecular flexibility index (Phi) is 5.53. The summed E-state index contributed by atoms with van der Waals surface area (Å²) in [5, 5.41) is 0. The van der Waals surface area contributed by atoms with Gasteiger partial charge in [-0.05, 0) is 29.8 Å². The Balaban J connectivity index is 1.93. The van der Waals surface area contributed by atoms with E-state index in [4.69, 9.17) is 9.47 Å². The van der Waals surface area contributed by atoms with Gasteiger partial charge in [0.15, 0.2) is 9.84 Å². The van der Waals surface area contributed by atoms with E-state index in [0.717, 1.165) is 0 Å². The average molecular weight is 376 g/mol. The van der Waals surface area contributed by atoms with Crippen LogP contribution in [0, 0.1) is 0 Å². The number of hydrogen-bond donors (Lipinski definition) is 0. The highest BCUT2D eigenvalue weighted by Gasteiger charge is 2.25. The van der Waals surface area contributed by atoms with Crippen LogP contribution in [0.15, 0.2) is 47.6 Å². The molecule has 1 amide bonds. The maximum absolute atomic E-state index is 12.9. The van der Waals surface area contributed by atoms with Gasteiger partial charge in [0.2, 0.25) is 0 Å². The zero-order valence-electron chi connectivity index (χ0n) is 14.4. The van der Waals surface area contributed by atoms with E-state index in [0.29, 0.717) is 37.4 Å². The molecule has 2 aromatic rings. The first kappa shape index (κ1) is 18.3. The third-order valence-corrected chi connectivity index (χ3v) is 5.83. The van der Waals surface area contributed by atoms with Gasteiger partial charge >= 0.3 is 0 Å². The number of morpholine rings is 1. The molecule has 138 valence electrons. The van der Waals surface area contributed by atoms with Crippen LogP contribution in [0.5, 0.6) is 5.75 Å². The molecule has 2 heterocycles. The first-order valence-corrected chi connectivity index (χ1v) is 9.83. The van der Waals surface area contributed by atoms with Crippen molar-refractivity contribution in [1.29, 1.82) is 0 Å². The molecule has 7 nitrogen and oxygen atoms in total. The van der Waals surface area contributed by atoms with Crippen LogP contribution in [-0.2, 0) is 20.3 Å². The van der Waals surface area contributed by atoms with Gasteiger partial charge < -0.3 is 14.4 Å². The summed E-state index contributed by atoms with van der Waals surface area (Å²) >= 11 is 0. The van der Waals surface area contributed by atoms with Gasteiger partial charge in [-0.3, -0.25) is 9.78 Å². The number of aromatic nitrogens is 1. The van der Waals surface area contributed by atoms with Gasteiger partial charge in [-0.2, -0.15) is 0 Å². The SMILES string of the molecule is COc1ccc(C(=O)N2CCOCC2)cc1S(=O)(=O)Cc1cccnc1. The van der Waals surface area contributed by atoms with Crippen molar-refractivity contribution in [2.75, 3.05) is 33.4 Å². The standard InChI is InChI=1S/C18H20N2O5S/c1-24-16-5-4-15(18(21)20-7-9-25-10-8-20)11-17(16)26(22,23)13-14-3-2-6-19-12-14/h2-6,11-12H,7-10,13H2,1H3. The number of benzene rings is 1. The molecule has 0 unspecified atom stereocenters. The molecule has 26 heavy (non-hydrogen) atoms. The van der Waals surface area contributed by atoms with Crippen molar-refractivity contribution in [2.24, 2.45) is 0 Å². The molecule has 0 N–H and O–H groups in total. The lowest BCUT2D eigenvalue weighted by Crippen LogP contribution is -2.40. The maximum Gasteiger partial charge on any atom is 0.254 e. The van der Waals surface area contributed by atoms with Crippen molar-refractivity contribution < 1.29 is 22.7 Å². The van der Waals surface area contributed by atoms with Gasteiger partial charge in [0.1, 0.15) is 10.6 Å². The second-order valence-electron chi connectivity index (χ2n) is 5.89. The summed E-state index contributed by atoms with van der Waals surface area (Å²) in [5.74, 6) is -0.215. The molecule has 1 aliphatic heterocycles. The van der Waals surface area contributed by atoms with Gasteiger partial charge in [-0.15, -0.1) is 0 Å². The summed E-state index contributed by atoms with van der Waals surface area (Å²) in [4.78, 5) is 18.3. The van der Waals surface area contributed by atoms with E-state index < -0.39 is 9.84 Å². The van der Waals surface area contributed by atoms with Gasteiger partial charge in [0, 0.05) is 31.0 Å². The fraction of sp³-hybridized carbons (Fsp3) is 0.333. The molecular weight excluding hydrogens is 356 g/mol. The third-order valence-electron chi connectivity index (χ3n) is 4.12. The average Bonchev–Trinajstić information content (AvgIpc) is 2.68. The lowest BCUT2D eigenvalue weighted by Gasteiger charge is -2.27. The monoisotopic (exact) mass is 376 g/mol. The zero-order valence-corrected chi connectivity index (χ0v) is 15.2. The molecule has 1 saturated heterocycles. The van der Waals surface area contributed by atoms with E-state index in [1.807, 2.05) is 0 Å². The van der Waals surface area contributed by atoms with Crippen LogP contribution in [0.2, 0.25) is 0 Å². The summed E-state index contributed by atoms with van der Waals surface area (Å²) in [6, 6.07) is 7.87. The number of hydrogen-bond acceptors (Lipinski definition) is 6. The number of amides is 1. The van der Waals surface area contributed by atoms with E-state index >= 15 is 0 Å². The van der Waals surface area contributed by atoms with Crippen molar-refractivity contribution >= 4 is 15.7 Å². The summed E-state index contributed by atoms with van der Waals surface area (Å²) in [5.41, 5.74) is 0.886. The fourth-order valence-corrected chi connectivity index (χ4v) is 4.31. The second-order valence-corrected chi connectivity index (χ2v) is 7.85. The van der Waals surface area contributed by atoms with Gasteiger partial charge in [0.25, 0.3) is 5.91 Å². The van der Waals surface area contributed by atoms with Crippen molar-refractivity contribution in [2.45, 2.75) is 10.6 Å². The Morgan fingerprint density at radius 3 is 2.69 bits per heavy atom. The van der Waals surface area contributed by atoms with Gasteiger partial charge in [0.05, 0.1) is 26.1 Å². The molecule has 1 aromatic heterocycles. The van der Waals surface area contributed by atoms with Gasteiger partial charge in [-0.25, -0.2) is 8.42 Å². The lowest BCUT2D eigenvalue weighted by molar-refractivity contribution is 0.0302. The molecule has 0 atom stereocenters. The maximum atomic E-state index is 12.9. The zero-order chi connectivity index (χ0) is 18.6. The number of rotatable bonds is 5. The first-order valence-electron chi connectivity index (χ1n) is 8.18. The van der Waals surface area contributed by atoms with Gasteiger partial charge in [-0.1, -0.05) is 6.07 Å². The fourth-order valence-electron chi connectivity index (χ4n) is 2.78. The summed E-state index contributed by atoms with van der Waals surface area (Å²) in [6.07, 6.45) is 3.09. The normalized spacial score (nSPS) is 14.9.